The van der Waals surface area contributed by atoms with Crippen LogP contribution in [0.2, 0.25) is 0 Å². The fraction of sp³-hybridized carbons (Fsp3) is 0. The molecule has 0 fully saturated rings. The Hall–Kier alpha value is -1.27. The molecule has 68 valence electrons. The van der Waals surface area contributed by atoms with E-state index in [-0.39, 0.29) is 5.91 Å². The zero-order valence-electron chi connectivity index (χ0n) is 6.58. The Morgan fingerprint density at radius 3 is 2.31 bits per heavy atom. The summed E-state index contributed by atoms with van der Waals surface area (Å²) in [7, 11) is 0. The van der Waals surface area contributed by atoms with Gasteiger partial charge in [-0.1, -0.05) is 6.07 Å². The molecule has 0 aromatic carbocycles. The van der Waals surface area contributed by atoms with Crippen molar-refractivity contribution in [2.24, 2.45) is 5.73 Å². The van der Waals surface area contributed by atoms with Crippen molar-refractivity contribution < 1.29 is 4.79 Å². The standard InChI is InChI=1S/C5H5NOS.C2H2N2S/c6-5(7)4-2-1-3-8-4;1-3-4-2-5-1/h1-3H,(H2,6,7);1-2H. The smallest absolute Gasteiger partial charge is 0.258 e. The van der Waals surface area contributed by atoms with Crippen molar-refractivity contribution in [1.82, 2.24) is 10.2 Å². The molecule has 2 heterocycles. The maximum Gasteiger partial charge on any atom is 0.258 e. The van der Waals surface area contributed by atoms with Gasteiger partial charge >= 0.3 is 0 Å². The molecule has 2 rings (SSSR count). The lowest BCUT2D eigenvalue weighted by atomic mass is 10.5. The Morgan fingerprint density at radius 1 is 1.38 bits per heavy atom. The van der Waals surface area contributed by atoms with E-state index in [1.54, 1.807) is 23.2 Å². The molecule has 2 N–H and O–H groups in total. The van der Waals surface area contributed by atoms with Crippen LogP contribution < -0.4 is 5.73 Å². The van der Waals surface area contributed by atoms with Gasteiger partial charge < -0.3 is 5.73 Å². The van der Waals surface area contributed by atoms with Crippen LogP contribution in [0.3, 0.4) is 0 Å². The molecule has 0 saturated heterocycles. The Bertz CT molecular complexity index is 313. The Labute approximate surface area is 83.0 Å². The normalized spacial score (nSPS) is 8.62. The highest BCUT2D eigenvalue weighted by Crippen LogP contribution is 2.05. The van der Waals surface area contributed by atoms with Crippen LogP contribution >= 0.6 is 22.7 Å². The van der Waals surface area contributed by atoms with Crippen LogP contribution in [0.5, 0.6) is 0 Å². The summed E-state index contributed by atoms with van der Waals surface area (Å²) in [6, 6.07) is 3.50. The van der Waals surface area contributed by atoms with Crippen LogP contribution in [0.1, 0.15) is 9.67 Å². The fourth-order valence-electron chi connectivity index (χ4n) is 0.555. The molecule has 0 bridgehead atoms. The number of carbonyl (C=O) groups excluding carboxylic acids is 1. The summed E-state index contributed by atoms with van der Waals surface area (Å²) in [6.07, 6.45) is 0. The zero-order chi connectivity index (χ0) is 9.52. The number of rotatable bonds is 1. The first kappa shape index (κ1) is 9.82. The number of hydrogen-bond acceptors (Lipinski definition) is 5. The monoisotopic (exact) mass is 213 g/mol. The number of hydrogen-bond donors (Lipinski definition) is 1. The Balaban J connectivity index is 0.000000145. The highest BCUT2D eigenvalue weighted by Gasteiger charge is 1.96. The van der Waals surface area contributed by atoms with Gasteiger partial charge in [-0.05, 0) is 11.4 Å². The predicted octanol–water partition coefficient (Wildman–Crippen LogP) is 1.39. The molecule has 0 radical (unpaired) electrons. The number of aromatic nitrogens is 2. The molecular weight excluding hydrogens is 206 g/mol. The SMILES string of the molecule is NC(=O)c1cccs1.c1nncs1. The fourth-order valence-corrected chi connectivity index (χ4v) is 1.40. The number of primary amides is 1. The first-order valence-electron chi connectivity index (χ1n) is 3.33. The van der Waals surface area contributed by atoms with E-state index >= 15 is 0 Å². The Kier molecular flexibility index (Phi) is 4.07. The molecule has 4 nitrogen and oxygen atoms in total. The lowest BCUT2D eigenvalue weighted by molar-refractivity contribution is 0.100. The van der Waals surface area contributed by atoms with Gasteiger partial charge in [0.05, 0.1) is 4.88 Å². The van der Waals surface area contributed by atoms with Crippen LogP contribution in [0.15, 0.2) is 28.5 Å². The molecular formula is C7H7N3OS2. The summed E-state index contributed by atoms with van der Waals surface area (Å²) in [5.41, 5.74) is 8.29. The van der Waals surface area contributed by atoms with Crippen molar-refractivity contribution in [3.8, 4) is 0 Å². The van der Waals surface area contributed by atoms with Crippen LogP contribution in [0.4, 0.5) is 0 Å². The molecule has 0 aliphatic rings. The average Bonchev–Trinajstić information content (AvgIpc) is 2.82. The third kappa shape index (κ3) is 3.77. The minimum absolute atomic E-state index is 0.347. The van der Waals surface area contributed by atoms with Crippen LogP contribution in [-0.2, 0) is 0 Å². The van der Waals surface area contributed by atoms with Gasteiger partial charge in [-0.25, -0.2) is 0 Å². The number of nitrogens with zero attached hydrogens (tertiary/aromatic N) is 2. The van der Waals surface area contributed by atoms with E-state index in [4.69, 9.17) is 5.73 Å². The molecule has 6 heteroatoms. The van der Waals surface area contributed by atoms with Crippen LogP contribution in [-0.4, -0.2) is 16.1 Å². The number of amides is 1. The van der Waals surface area contributed by atoms with E-state index in [9.17, 15) is 4.79 Å². The molecule has 0 aliphatic carbocycles. The van der Waals surface area contributed by atoms with Gasteiger partial charge in [-0.2, -0.15) is 0 Å². The van der Waals surface area contributed by atoms with Gasteiger partial charge in [0.2, 0.25) is 0 Å². The van der Waals surface area contributed by atoms with Crippen molar-refractivity contribution in [1.29, 1.82) is 0 Å². The van der Waals surface area contributed by atoms with Crippen LogP contribution in [0.25, 0.3) is 0 Å². The number of nitrogens with two attached hydrogens (primary N) is 1. The number of carbonyl (C=O) groups is 1. The van der Waals surface area contributed by atoms with Crippen molar-refractivity contribution in [3.63, 3.8) is 0 Å². The third-order valence-electron chi connectivity index (χ3n) is 1.05. The average molecular weight is 213 g/mol. The van der Waals surface area contributed by atoms with Crippen molar-refractivity contribution >= 4 is 28.6 Å². The maximum atomic E-state index is 10.3. The molecule has 1 amide bonds. The van der Waals surface area contributed by atoms with Gasteiger partial charge in [-0.3, -0.25) is 4.79 Å². The van der Waals surface area contributed by atoms with Crippen molar-refractivity contribution in [3.05, 3.63) is 33.4 Å². The molecule has 13 heavy (non-hydrogen) atoms. The van der Waals surface area contributed by atoms with Crippen molar-refractivity contribution in [2.75, 3.05) is 0 Å². The molecule has 2 aromatic rings. The van der Waals surface area contributed by atoms with E-state index in [0.717, 1.165) is 0 Å². The summed E-state index contributed by atoms with van der Waals surface area (Å²) in [5.74, 6) is -0.347. The largest absolute Gasteiger partial charge is 0.365 e. The summed E-state index contributed by atoms with van der Waals surface area (Å²) in [4.78, 5) is 10.9. The molecule has 0 aliphatic heterocycles. The minimum Gasteiger partial charge on any atom is -0.365 e. The van der Waals surface area contributed by atoms with Gasteiger partial charge in [0, 0.05) is 0 Å². The zero-order valence-corrected chi connectivity index (χ0v) is 8.22. The molecule has 0 unspecified atom stereocenters. The molecule has 2 aromatic heterocycles. The van der Waals surface area contributed by atoms with E-state index in [1.807, 2.05) is 5.38 Å². The lowest BCUT2D eigenvalue weighted by Crippen LogP contribution is -2.07. The van der Waals surface area contributed by atoms with Gasteiger partial charge in [0.15, 0.2) is 0 Å². The van der Waals surface area contributed by atoms with Crippen molar-refractivity contribution in [2.45, 2.75) is 0 Å². The van der Waals surface area contributed by atoms with E-state index in [1.165, 1.54) is 22.7 Å². The van der Waals surface area contributed by atoms with E-state index < -0.39 is 0 Å². The van der Waals surface area contributed by atoms with E-state index in [2.05, 4.69) is 10.2 Å². The molecule has 0 atom stereocenters. The molecule has 0 saturated carbocycles. The Morgan fingerprint density at radius 2 is 2.08 bits per heavy atom. The van der Waals surface area contributed by atoms with Gasteiger partial charge in [0.25, 0.3) is 5.91 Å². The topological polar surface area (TPSA) is 68.9 Å². The first-order chi connectivity index (χ1) is 6.30. The maximum absolute atomic E-state index is 10.3. The van der Waals surface area contributed by atoms with Gasteiger partial charge in [0.1, 0.15) is 11.0 Å². The van der Waals surface area contributed by atoms with Gasteiger partial charge in [-0.15, -0.1) is 32.9 Å². The third-order valence-corrected chi connectivity index (χ3v) is 2.36. The lowest BCUT2D eigenvalue weighted by Gasteiger charge is -1.80. The molecule has 0 spiro atoms. The number of thiophene rings is 1. The second-order valence-corrected chi connectivity index (χ2v) is 3.56. The summed E-state index contributed by atoms with van der Waals surface area (Å²) in [5, 5.41) is 8.80. The van der Waals surface area contributed by atoms with Crippen LogP contribution in [0, 0.1) is 0 Å². The summed E-state index contributed by atoms with van der Waals surface area (Å²) >= 11 is 2.85. The second-order valence-electron chi connectivity index (χ2n) is 1.92. The second kappa shape index (κ2) is 5.39. The first-order valence-corrected chi connectivity index (χ1v) is 5.15. The summed E-state index contributed by atoms with van der Waals surface area (Å²) < 4.78 is 0. The van der Waals surface area contributed by atoms with E-state index in [0.29, 0.717) is 4.88 Å². The highest BCUT2D eigenvalue weighted by molar-refractivity contribution is 7.12. The predicted molar refractivity (Wildman–Crippen MR) is 52.7 cm³/mol. The highest BCUT2D eigenvalue weighted by atomic mass is 32.1. The quantitative estimate of drug-likeness (QED) is 0.778. The minimum atomic E-state index is -0.347. The summed E-state index contributed by atoms with van der Waals surface area (Å²) in [6.45, 7) is 0.